The van der Waals surface area contributed by atoms with Crippen molar-refractivity contribution in [3.05, 3.63) is 58.1 Å². The zero-order valence-electron chi connectivity index (χ0n) is 14.3. The maximum Gasteiger partial charge on any atom is 0.262 e. The van der Waals surface area contributed by atoms with Crippen molar-refractivity contribution >= 4 is 33.4 Å². The third kappa shape index (κ3) is 3.46. The summed E-state index contributed by atoms with van der Waals surface area (Å²) in [7, 11) is 0. The van der Waals surface area contributed by atoms with Crippen molar-refractivity contribution in [2.45, 2.75) is 25.3 Å². The average Bonchev–Trinajstić information content (AvgIpc) is 3.42. The zero-order chi connectivity index (χ0) is 18.3. The van der Waals surface area contributed by atoms with E-state index in [1.54, 1.807) is 0 Å². The highest BCUT2D eigenvalue weighted by atomic mass is 79.9. The Bertz CT molecular complexity index is 866. The summed E-state index contributed by atoms with van der Waals surface area (Å²) in [6.45, 7) is 1.99. The van der Waals surface area contributed by atoms with Gasteiger partial charge in [-0.15, -0.1) is 0 Å². The summed E-state index contributed by atoms with van der Waals surface area (Å²) in [4.78, 5) is 24.0. The van der Waals surface area contributed by atoms with Crippen LogP contribution in [0, 0.1) is 5.92 Å². The SMILES string of the molecule is CC(NC(=O)C1CC1c1ccc(Br)cc1)c1ccc2c(c1)NC(=O)CO2. The first kappa shape index (κ1) is 17.1. The van der Waals surface area contributed by atoms with Crippen molar-refractivity contribution in [2.24, 2.45) is 5.92 Å². The summed E-state index contributed by atoms with van der Waals surface area (Å²) in [6, 6.07) is 13.6. The van der Waals surface area contributed by atoms with Gasteiger partial charge in [0.2, 0.25) is 5.91 Å². The second-order valence-electron chi connectivity index (χ2n) is 6.82. The standard InChI is InChI=1S/C20H19BrN2O3/c1-11(13-4-7-18-17(8-13)23-19(24)10-26-18)22-20(25)16-9-15(16)12-2-5-14(21)6-3-12/h2-8,11,15-16H,9-10H2,1H3,(H,22,25)(H,23,24). The Labute approximate surface area is 160 Å². The molecule has 1 saturated carbocycles. The van der Waals surface area contributed by atoms with Gasteiger partial charge in [-0.25, -0.2) is 0 Å². The van der Waals surface area contributed by atoms with Crippen LogP contribution < -0.4 is 15.4 Å². The molecule has 0 aromatic heterocycles. The molecule has 2 amide bonds. The number of fused-ring (bicyclic) bond motifs is 1. The third-order valence-corrected chi connectivity index (χ3v) is 5.45. The molecule has 4 rings (SSSR count). The molecule has 5 nitrogen and oxygen atoms in total. The number of halogens is 1. The number of benzene rings is 2. The Hall–Kier alpha value is -2.34. The Morgan fingerprint density at radius 1 is 1.27 bits per heavy atom. The number of anilines is 1. The first-order valence-electron chi connectivity index (χ1n) is 8.63. The molecule has 3 atom stereocenters. The molecule has 1 aliphatic carbocycles. The largest absolute Gasteiger partial charge is 0.482 e. The van der Waals surface area contributed by atoms with E-state index in [0.29, 0.717) is 17.4 Å². The van der Waals surface area contributed by atoms with Crippen molar-refractivity contribution in [3.8, 4) is 5.75 Å². The molecule has 0 spiro atoms. The van der Waals surface area contributed by atoms with Gasteiger partial charge in [-0.2, -0.15) is 0 Å². The second-order valence-corrected chi connectivity index (χ2v) is 7.74. The maximum absolute atomic E-state index is 12.6. The lowest BCUT2D eigenvalue weighted by atomic mass is 10.1. The fraction of sp³-hybridized carbons (Fsp3) is 0.300. The lowest BCUT2D eigenvalue weighted by Gasteiger charge is -2.21. The van der Waals surface area contributed by atoms with E-state index in [-0.39, 0.29) is 30.4 Å². The molecular formula is C20H19BrN2O3. The zero-order valence-corrected chi connectivity index (χ0v) is 15.9. The molecule has 3 unspecified atom stereocenters. The van der Waals surface area contributed by atoms with Crippen molar-refractivity contribution < 1.29 is 14.3 Å². The van der Waals surface area contributed by atoms with Crippen molar-refractivity contribution in [2.75, 3.05) is 11.9 Å². The first-order valence-corrected chi connectivity index (χ1v) is 9.43. The van der Waals surface area contributed by atoms with E-state index in [1.165, 1.54) is 5.56 Å². The topological polar surface area (TPSA) is 67.4 Å². The van der Waals surface area contributed by atoms with Crippen LogP contribution in [0.4, 0.5) is 5.69 Å². The highest BCUT2D eigenvalue weighted by molar-refractivity contribution is 9.10. The van der Waals surface area contributed by atoms with Crippen LogP contribution in [-0.2, 0) is 9.59 Å². The average molecular weight is 415 g/mol. The van der Waals surface area contributed by atoms with Crippen molar-refractivity contribution in [1.82, 2.24) is 5.32 Å². The highest BCUT2D eigenvalue weighted by Crippen LogP contribution is 2.48. The minimum atomic E-state index is -0.165. The van der Waals surface area contributed by atoms with E-state index in [4.69, 9.17) is 4.74 Å². The molecule has 2 aromatic rings. The molecule has 1 aliphatic heterocycles. The molecule has 26 heavy (non-hydrogen) atoms. The number of nitrogens with one attached hydrogen (secondary N) is 2. The summed E-state index contributed by atoms with van der Waals surface area (Å²) >= 11 is 3.43. The molecule has 2 aromatic carbocycles. The number of hydrogen-bond acceptors (Lipinski definition) is 3. The molecule has 0 radical (unpaired) electrons. The minimum absolute atomic E-state index is 0.0271. The number of rotatable bonds is 4. The van der Waals surface area contributed by atoms with Crippen LogP contribution in [0.5, 0.6) is 5.75 Å². The predicted molar refractivity (Wildman–Crippen MR) is 102 cm³/mol. The van der Waals surface area contributed by atoms with Crippen LogP contribution in [0.1, 0.15) is 36.4 Å². The fourth-order valence-electron chi connectivity index (χ4n) is 3.34. The molecule has 0 bridgehead atoms. The molecule has 134 valence electrons. The Morgan fingerprint density at radius 2 is 2.04 bits per heavy atom. The van der Waals surface area contributed by atoms with Gasteiger partial charge in [0, 0.05) is 10.4 Å². The quantitative estimate of drug-likeness (QED) is 0.799. The molecule has 2 N–H and O–H groups in total. The predicted octanol–water partition coefficient (Wildman–Crippen LogP) is 3.76. The van der Waals surface area contributed by atoms with Crippen molar-refractivity contribution in [1.29, 1.82) is 0 Å². The van der Waals surface area contributed by atoms with Gasteiger partial charge in [0.25, 0.3) is 5.91 Å². The van der Waals surface area contributed by atoms with E-state index >= 15 is 0 Å². The van der Waals surface area contributed by atoms with Crippen molar-refractivity contribution in [3.63, 3.8) is 0 Å². The van der Waals surface area contributed by atoms with Gasteiger partial charge in [0.05, 0.1) is 11.7 Å². The summed E-state index contributed by atoms with van der Waals surface area (Å²) < 4.78 is 6.41. The minimum Gasteiger partial charge on any atom is -0.482 e. The van der Waals surface area contributed by atoms with Gasteiger partial charge in [-0.1, -0.05) is 34.1 Å². The molecule has 2 aliphatic rings. The van der Waals surface area contributed by atoms with Crippen LogP contribution in [-0.4, -0.2) is 18.4 Å². The van der Waals surface area contributed by atoms with E-state index in [2.05, 4.69) is 38.7 Å². The number of carbonyl (C=O) groups excluding carboxylic acids is 2. The maximum atomic E-state index is 12.6. The van der Waals surface area contributed by atoms with Gasteiger partial charge in [-0.05, 0) is 54.7 Å². The van der Waals surface area contributed by atoms with Crippen LogP contribution >= 0.6 is 15.9 Å². The van der Waals surface area contributed by atoms with E-state index in [0.717, 1.165) is 16.5 Å². The van der Waals surface area contributed by atoms with Crippen LogP contribution in [0.2, 0.25) is 0 Å². The van der Waals surface area contributed by atoms with Crippen LogP contribution in [0.15, 0.2) is 46.9 Å². The van der Waals surface area contributed by atoms with E-state index in [1.807, 2.05) is 37.3 Å². The fourth-order valence-corrected chi connectivity index (χ4v) is 3.60. The Balaban J connectivity index is 1.40. The number of amides is 2. The molecule has 1 fully saturated rings. The van der Waals surface area contributed by atoms with Gasteiger partial charge in [-0.3, -0.25) is 9.59 Å². The molecule has 1 heterocycles. The van der Waals surface area contributed by atoms with Crippen LogP contribution in [0.25, 0.3) is 0 Å². The lowest BCUT2D eigenvalue weighted by molar-refractivity contribution is -0.123. The number of hydrogen-bond donors (Lipinski definition) is 2. The highest BCUT2D eigenvalue weighted by Gasteiger charge is 2.44. The van der Waals surface area contributed by atoms with Gasteiger partial charge < -0.3 is 15.4 Å². The summed E-state index contributed by atoms with van der Waals surface area (Å²) in [5.41, 5.74) is 2.79. The van der Waals surface area contributed by atoms with Crippen LogP contribution in [0.3, 0.4) is 0 Å². The Morgan fingerprint density at radius 3 is 2.81 bits per heavy atom. The van der Waals surface area contributed by atoms with E-state index in [9.17, 15) is 9.59 Å². The second kappa shape index (κ2) is 6.76. The summed E-state index contributed by atoms with van der Waals surface area (Å²) in [5, 5.41) is 5.88. The molecular weight excluding hydrogens is 396 g/mol. The smallest absolute Gasteiger partial charge is 0.262 e. The molecule has 6 heteroatoms. The lowest BCUT2D eigenvalue weighted by Crippen LogP contribution is -2.29. The summed E-state index contributed by atoms with van der Waals surface area (Å²) in [6.07, 6.45) is 0.883. The Kier molecular flexibility index (Phi) is 4.44. The third-order valence-electron chi connectivity index (χ3n) is 4.92. The monoisotopic (exact) mass is 414 g/mol. The first-order chi connectivity index (χ1) is 12.5. The number of ether oxygens (including phenoxy) is 1. The normalized spacial score (nSPS) is 21.8. The van der Waals surface area contributed by atoms with Gasteiger partial charge in [0.1, 0.15) is 5.75 Å². The number of carbonyl (C=O) groups is 2. The van der Waals surface area contributed by atoms with E-state index < -0.39 is 0 Å². The van der Waals surface area contributed by atoms with Gasteiger partial charge in [0.15, 0.2) is 6.61 Å². The summed E-state index contributed by atoms with van der Waals surface area (Å²) in [5.74, 6) is 0.889. The molecule has 0 saturated heterocycles. The van der Waals surface area contributed by atoms with Gasteiger partial charge >= 0.3 is 0 Å².